The number of amides is 1. The highest BCUT2D eigenvalue weighted by molar-refractivity contribution is 6.32. The maximum atomic E-state index is 13.6. The molecule has 0 saturated heterocycles. The summed E-state index contributed by atoms with van der Waals surface area (Å²) in [7, 11) is 3.08. The molecule has 164 valence electrons. The van der Waals surface area contributed by atoms with E-state index < -0.39 is 69.6 Å². The van der Waals surface area contributed by atoms with Crippen LogP contribution in [0.2, 0.25) is 0 Å². The normalized spacial score (nSPS) is 37.3. The number of carbonyl (C=O) groups is 5. The quantitative estimate of drug-likeness (QED) is 0.481. The second-order valence-electron chi connectivity index (χ2n) is 9.27. The van der Waals surface area contributed by atoms with Crippen LogP contribution in [0.5, 0.6) is 5.75 Å². The number of fused-ring (bicyclic) bond motifs is 3. The van der Waals surface area contributed by atoms with Crippen molar-refractivity contribution in [3.63, 3.8) is 0 Å². The fourth-order valence-corrected chi connectivity index (χ4v) is 5.83. The molecule has 10 nitrogen and oxygen atoms in total. The van der Waals surface area contributed by atoms with Crippen molar-refractivity contribution in [3.05, 3.63) is 23.5 Å². The summed E-state index contributed by atoms with van der Waals surface area (Å²) in [5, 5.41) is 21.6. The van der Waals surface area contributed by atoms with Crippen LogP contribution in [0.1, 0.15) is 29.3 Å². The molecule has 0 bridgehead atoms. The van der Waals surface area contributed by atoms with Crippen molar-refractivity contribution in [1.82, 2.24) is 9.88 Å². The molecule has 4 rings (SSSR count). The molecular weight excluding hydrogens is 406 g/mol. The number of aliphatic hydroxyl groups is 1. The maximum absolute atomic E-state index is 13.6. The molecule has 4 N–H and O–H groups in total. The first-order valence-electron chi connectivity index (χ1n) is 9.86. The Kier molecular flexibility index (Phi) is 4.46. The minimum absolute atomic E-state index is 0.00739. The smallest absolute Gasteiger partial charge is 0.235 e. The highest BCUT2D eigenvalue weighted by atomic mass is 16.3. The van der Waals surface area contributed by atoms with Crippen molar-refractivity contribution in [2.75, 3.05) is 14.1 Å². The lowest BCUT2D eigenvalue weighted by atomic mass is 9.47. The van der Waals surface area contributed by atoms with Crippen molar-refractivity contribution in [3.8, 4) is 5.75 Å². The van der Waals surface area contributed by atoms with E-state index in [-0.39, 0.29) is 18.4 Å². The van der Waals surface area contributed by atoms with E-state index >= 15 is 0 Å². The molecule has 0 radical (unpaired) electrons. The number of hydrogen-bond acceptors (Lipinski definition) is 9. The van der Waals surface area contributed by atoms with E-state index in [1.54, 1.807) is 21.0 Å². The number of likely N-dealkylation sites (N-methyl/N-ethyl adjacent to an activating group) is 1. The van der Waals surface area contributed by atoms with Crippen LogP contribution >= 0.6 is 0 Å². The number of carbonyl (C=O) groups excluding carboxylic acids is 5. The second kappa shape index (κ2) is 6.51. The van der Waals surface area contributed by atoms with E-state index in [1.165, 1.54) is 11.1 Å². The minimum Gasteiger partial charge on any atom is -0.506 e. The molecule has 0 spiro atoms. The number of Topliss-reactive ketones (excluding diaryl/α,β-unsaturated/α-hetero) is 4. The van der Waals surface area contributed by atoms with Crippen LogP contribution in [0, 0.1) is 23.2 Å². The molecule has 1 heterocycles. The van der Waals surface area contributed by atoms with E-state index in [0.29, 0.717) is 5.56 Å². The molecule has 1 aromatic heterocycles. The number of aromatic nitrogens is 1. The number of aromatic hydroxyl groups is 1. The third kappa shape index (κ3) is 2.58. The highest BCUT2D eigenvalue weighted by Gasteiger charge is 2.71. The van der Waals surface area contributed by atoms with Gasteiger partial charge in [-0.15, -0.1) is 0 Å². The summed E-state index contributed by atoms with van der Waals surface area (Å²) < 4.78 is 0. The van der Waals surface area contributed by atoms with E-state index in [1.807, 2.05) is 0 Å². The molecule has 2 unspecified atom stereocenters. The van der Waals surface area contributed by atoms with Gasteiger partial charge in [-0.3, -0.25) is 33.9 Å². The van der Waals surface area contributed by atoms with Gasteiger partial charge in [0.2, 0.25) is 5.91 Å². The van der Waals surface area contributed by atoms with Crippen LogP contribution in [0.15, 0.2) is 12.4 Å². The molecule has 1 aromatic rings. The van der Waals surface area contributed by atoms with Crippen LogP contribution in [-0.4, -0.2) is 74.9 Å². The molecular formula is C21H23N3O7. The predicted molar refractivity (Wildman–Crippen MR) is 104 cm³/mol. The monoisotopic (exact) mass is 429 g/mol. The molecule has 3 aliphatic rings. The molecule has 31 heavy (non-hydrogen) atoms. The van der Waals surface area contributed by atoms with Crippen molar-refractivity contribution < 1.29 is 34.2 Å². The zero-order chi connectivity index (χ0) is 23.0. The van der Waals surface area contributed by atoms with Gasteiger partial charge in [-0.2, -0.15) is 0 Å². The van der Waals surface area contributed by atoms with Crippen molar-refractivity contribution in [1.29, 1.82) is 0 Å². The van der Waals surface area contributed by atoms with E-state index in [0.717, 1.165) is 6.20 Å². The zero-order valence-electron chi connectivity index (χ0n) is 17.3. The number of hydrogen-bond donors (Lipinski definition) is 3. The van der Waals surface area contributed by atoms with Gasteiger partial charge in [-0.25, -0.2) is 0 Å². The Morgan fingerprint density at radius 2 is 1.84 bits per heavy atom. The predicted octanol–water partition coefficient (Wildman–Crippen LogP) is -1.35. The summed E-state index contributed by atoms with van der Waals surface area (Å²) in [6, 6.07) is -1.12. The molecule has 2 fully saturated rings. The number of pyridine rings is 1. The zero-order valence-corrected chi connectivity index (χ0v) is 17.3. The topological polar surface area (TPSA) is 168 Å². The summed E-state index contributed by atoms with van der Waals surface area (Å²) in [5.41, 5.74) is 1.91. The summed E-state index contributed by atoms with van der Waals surface area (Å²) in [6.45, 7) is 1.68. The van der Waals surface area contributed by atoms with Crippen molar-refractivity contribution >= 4 is 29.0 Å². The minimum atomic E-state index is -2.72. The fraction of sp³-hybridized carbons (Fsp3) is 0.524. The summed E-state index contributed by atoms with van der Waals surface area (Å²) >= 11 is 0. The molecule has 1 amide bonds. The Hall–Kier alpha value is -2.98. The number of ketones is 4. The molecule has 6 atom stereocenters. The van der Waals surface area contributed by atoms with Gasteiger partial charge in [-0.1, -0.05) is 6.92 Å². The third-order valence-electron chi connectivity index (χ3n) is 7.10. The average Bonchev–Trinajstić information content (AvgIpc) is 2.64. The molecule has 3 aliphatic carbocycles. The van der Waals surface area contributed by atoms with Crippen LogP contribution in [-0.2, 0) is 25.6 Å². The molecule has 0 aromatic carbocycles. The van der Waals surface area contributed by atoms with Gasteiger partial charge in [0.25, 0.3) is 0 Å². The van der Waals surface area contributed by atoms with Gasteiger partial charge in [0, 0.05) is 12.1 Å². The summed E-state index contributed by atoms with van der Waals surface area (Å²) in [6.07, 6.45) is 2.69. The standard InChI is InChI=1S/C21H23N3O7/c1-20-4-8-6-23-7-10(25)11(8)15(26)13(20)18(29)21(31)9(5-20)14(24(2)3)16(27)12(17(21)28)19(22)30/h6-7,9,12-14,25,31H,4-5H2,1-3H3,(H2,22,30)/t9-,12?,13?,14-,20-,21+/m0/s1. The van der Waals surface area contributed by atoms with Crippen LogP contribution in [0.4, 0.5) is 0 Å². The molecule has 0 aliphatic heterocycles. The lowest BCUT2D eigenvalue weighted by molar-refractivity contribution is -0.185. The largest absolute Gasteiger partial charge is 0.506 e. The van der Waals surface area contributed by atoms with E-state index in [4.69, 9.17) is 5.73 Å². The number of primary amides is 1. The van der Waals surface area contributed by atoms with Crippen molar-refractivity contribution in [2.24, 2.45) is 28.9 Å². The Labute approximate surface area is 177 Å². The number of nitrogens with zero attached hydrogens (tertiary/aromatic N) is 2. The van der Waals surface area contributed by atoms with Gasteiger partial charge in [0.05, 0.1) is 23.7 Å². The Bertz CT molecular complexity index is 1070. The summed E-state index contributed by atoms with van der Waals surface area (Å²) in [4.78, 5) is 70.3. The van der Waals surface area contributed by atoms with Crippen LogP contribution < -0.4 is 5.73 Å². The van der Waals surface area contributed by atoms with Gasteiger partial charge < -0.3 is 15.9 Å². The lowest BCUT2D eigenvalue weighted by Crippen LogP contribution is -2.75. The van der Waals surface area contributed by atoms with Crippen LogP contribution in [0.3, 0.4) is 0 Å². The average molecular weight is 429 g/mol. The third-order valence-corrected chi connectivity index (χ3v) is 7.10. The van der Waals surface area contributed by atoms with E-state index in [2.05, 4.69) is 4.98 Å². The molecule has 10 heteroatoms. The summed E-state index contributed by atoms with van der Waals surface area (Å²) in [5.74, 6) is -10.0. The van der Waals surface area contributed by atoms with Gasteiger partial charge >= 0.3 is 0 Å². The first-order valence-corrected chi connectivity index (χ1v) is 9.86. The Balaban J connectivity index is 1.92. The van der Waals surface area contributed by atoms with Crippen LogP contribution in [0.25, 0.3) is 0 Å². The van der Waals surface area contributed by atoms with Crippen molar-refractivity contribution in [2.45, 2.75) is 31.4 Å². The van der Waals surface area contributed by atoms with Gasteiger partial charge in [0.15, 0.2) is 34.7 Å². The van der Waals surface area contributed by atoms with Gasteiger partial charge in [0.1, 0.15) is 5.75 Å². The lowest BCUT2D eigenvalue weighted by Gasteiger charge is -2.56. The van der Waals surface area contributed by atoms with Gasteiger partial charge in [-0.05, 0) is 37.9 Å². The first kappa shape index (κ1) is 21.3. The highest BCUT2D eigenvalue weighted by Crippen LogP contribution is 2.56. The first-order chi connectivity index (χ1) is 14.4. The Morgan fingerprint density at radius 3 is 2.42 bits per heavy atom. The fourth-order valence-electron chi connectivity index (χ4n) is 5.83. The maximum Gasteiger partial charge on any atom is 0.235 e. The second-order valence-corrected chi connectivity index (χ2v) is 9.27. The number of nitrogens with two attached hydrogens (primary N) is 1. The van der Waals surface area contributed by atoms with E-state index in [9.17, 15) is 34.2 Å². The Morgan fingerprint density at radius 1 is 1.19 bits per heavy atom. The SMILES string of the molecule is CN(C)[C@@H]1C(=O)C(C(N)=O)C(=O)[C@@]2(O)C(=O)C3C(=O)c4c(O)cncc4C[C@@]3(C)C[C@@H]12. The number of rotatable bonds is 2. The molecule has 2 saturated carbocycles.